The third-order valence-corrected chi connectivity index (χ3v) is 5.65. The van der Waals surface area contributed by atoms with Gasteiger partial charge in [-0.25, -0.2) is 0 Å². The number of fused-ring (bicyclic) bond motifs is 1. The summed E-state index contributed by atoms with van der Waals surface area (Å²) < 4.78 is 2.10. The van der Waals surface area contributed by atoms with Gasteiger partial charge >= 0.3 is 0 Å². The van der Waals surface area contributed by atoms with Crippen molar-refractivity contribution in [1.29, 1.82) is 0 Å². The number of carbonyl (C=O) groups is 1. The van der Waals surface area contributed by atoms with Crippen molar-refractivity contribution in [3.63, 3.8) is 0 Å². The summed E-state index contributed by atoms with van der Waals surface area (Å²) in [6.07, 6.45) is 2.06. The number of rotatable bonds is 5. The van der Waals surface area contributed by atoms with Gasteiger partial charge in [0.2, 0.25) is 0 Å². The molecule has 1 aromatic heterocycles. The van der Waals surface area contributed by atoms with E-state index in [9.17, 15) is 4.79 Å². The molecule has 0 spiro atoms. The van der Waals surface area contributed by atoms with E-state index in [0.29, 0.717) is 12.1 Å². The van der Waals surface area contributed by atoms with Crippen LogP contribution in [-0.2, 0) is 13.0 Å². The number of hydrogen-bond acceptors (Lipinski definition) is 1. The molecule has 5 heteroatoms. The van der Waals surface area contributed by atoms with E-state index in [1.165, 1.54) is 5.69 Å². The van der Waals surface area contributed by atoms with Crippen molar-refractivity contribution in [2.75, 3.05) is 0 Å². The third-order valence-electron chi connectivity index (χ3n) is 3.97. The van der Waals surface area contributed by atoms with Gasteiger partial charge in [-0.15, -0.1) is 0 Å². The van der Waals surface area contributed by atoms with Gasteiger partial charge in [0, 0.05) is 37.7 Å². The molecule has 0 aliphatic heterocycles. The fourth-order valence-electron chi connectivity index (χ4n) is 2.70. The number of nitrogens with one attached hydrogen (secondary N) is 2. The summed E-state index contributed by atoms with van der Waals surface area (Å²) in [7, 11) is 0. The number of amides is 1. The van der Waals surface area contributed by atoms with Crippen LogP contribution in [0.5, 0.6) is 0 Å². The minimum absolute atomic E-state index is 0.0737. The Balaban J connectivity index is 1.79. The number of H-pyrrole nitrogens is 1. The molecule has 0 bridgehead atoms. The first kappa shape index (κ1) is 17.2. The van der Waals surface area contributed by atoms with Crippen LogP contribution in [0.2, 0.25) is 0 Å². The molecule has 2 N–H and O–H groups in total. The van der Waals surface area contributed by atoms with Crippen molar-refractivity contribution in [3.8, 4) is 0 Å². The Morgan fingerprint density at radius 2 is 1.96 bits per heavy atom. The Bertz CT molecular complexity index is 886. The van der Waals surface area contributed by atoms with E-state index in [1.54, 1.807) is 0 Å². The highest BCUT2D eigenvalue weighted by Gasteiger charge is 2.12. The summed E-state index contributed by atoms with van der Waals surface area (Å²) >= 11 is 7.15. The van der Waals surface area contributed by atoms with Gasteiger partial charge in [-0.05, 0) is 46.1 Å². The largest absolute Gasteiger partial charge is 0.357 e. The maximum Gasteiger partial charge on any atom is 0.251 e. The van der Waals surface area contributed by atoms with Crippen LogP contribution in [0.3, 0.4) is 0 Å². The molecule has 24 heavy (non-hydrogen) atoms. The van der Waals surface area contributed by atoms with E-state index in [0.717, 1.165) is 38.3 Å². The zero-order valence-electron chi connectivity index (χ0n) is 13.3. The number of benzene rings is 2. The first-order valence-electron chi connectivity index (χ1n) is 7.92. The van der Waals surface area contributed by atoms with Gasteiger partial charge in [-0.3, -0.25) is 4.79 Å². The van der Waals surface area contributed by atoms with Crippen LogP contribution in [-0.4, -0.2) is 10.9 Å². The lowest BCUT2D eigenvalue weighted by Gasteiger charge is -2.07. The zero-order valence-corrected chi connectivity index (χ0v) is 16.5. The van der Waals surface area contributed by atoms with Gasteiger partial charge in [0.1, 0.15) is 0 Å². The molecule has 0 radical (unpaired) electrons. The van der Waals surface area contributed by atoms with Crippen LogP contribution in [0.25, 0.3) is 10.9 Å². The molecule has 124 valence electrons. The van der Waals surface area contributed by atoms with E-state index in [-0.39, 0.29) is 5.91 Å². The van der Waals surface area contributed by atoms with Crippen LogP contribution in [0, 0.1) is 0 Å². The normalized spacial score (nSPS) is 11.0. The van der Waals surface area contributed by atoms with E-state index in [4.69, 9.17) is 0 Å². The number of aromatic nitrogens is 1. The molecule has 0 aliphatic carbocycles. The van der Waals surface area contributed by atoms with Crippen molar-refractivity contribution >= 4 is 48.7 Å². The maximum absolute atomic E-state index is 12.4. The molecule has 3 aromatic rings. The van der Waals surface area contributed by atoms with E-state index in [2.05, 4.69) is 49.1 Å². The van der Waals surface area contributed by atoms with Crippen molar-refractivity contribution in [2.45, 2.75) is 26.3 Å². The summed E-state index contributed by atoms with van der Waals surface area (Å²) in [5.41, 5.74) is 3.88. The lowest BCUT2D eigenvalue weighted by molar-refractivity contribution is 0.0951. The van der Waals surface area contributed by atoms with E-state index in [1.807, 2.05) is 42.5 Å². The number of aryl methyl sites for hydroxylation is 1. The molecule has 3 rings (SSSR count). The lowest BCUT2D eigenvalue weighted by atomic mass is 10.1. The Morgan fingerprint density at radius 3 is 2.71 bits per heavy atom. The standard InChI is InChI=1S/C19H18Br2N2O/c1-2-5-16-18(21)14-9-8-12(10-17(14)23-16)19(24)22-11-13-6-3-4-7-15(13)20/h3-4,6-10,23H,2,5,11H2,1H3,(H,22,24). The second-order valence-electron chi connectivity index (χ2n) is 5.70. The van der Waals surface area contributed by atoms with Gasteiger partial charge in [0.15, 0.2) is 0 Å². The number of hydrogen-bond donors (Lipinski definition) is 2. The van der Waals surface area contributed by atoms with Crippen molar-refractivity contribution in [3.05, 3.63) is 68.2 Å². The van der Waals surface area contributed by atoms with Gasteiger partial charge in [0.05, 0.1) is 0 Å². The SMILES string of the molecule is CCCc1[nH]c2cc(C(=O)NCc3ccccc3Br)ccc2c1Br. The van der Waals surface area contributed by atoms with Crippen LogP contribution in [0.1, 0.15) is 35.0 Å². The van der Waals surface area contributed by atoms with Crippen molar-refractivity contribution in [1.82, 2.24) is 10.3 Å². The second kappa shape index (κ2) is 7.53. The molecule has 0 saturated heterocycles. The number of halogens is 2. The van der Waals surface area contributed by atoms with Crippen LogP contribution >= 0.6 is 31.9 Å². The summed E-state index contributed by atoms with van der Waals surface area (Å²) in [5.74, 6) is -0.0737. The van der Waals surface area contributed by atoms with Gasteiger partial charge in [0.25, 0.3) is 5.91 Å². The molecule has 1 heterocycles. The molecular formula is C19H18Br2N2O. The number of carbonyl (C=O) groups excluding carboxylic acids is 1. The summed E-state index contributed by atoms with van der Waals surface area (Å²) in [4.78, 5) is 15.8. The van der Waals surface area contributed by atoms with Crippen LogP contribution < -0.4 is 5.32 Å². The first-order valence-corrected chi connectivity index (χ1v) is 9.50. The quantitative estimate of drug-likeness (QED) is 0.524. The Kier molecular flexibility index (Phi) is 5.41. The second-order valence-corrected chi connectivity index (χ2v) is 7.35. The van der Waals surface area contributed by atoms with Gasteiger partial charge in [-0.1, -0.05) is 53.5 Å². The predicted octanol–water partition coefficient (Wildman–Crippen LogP) is 5.58. The minimum Gasteiger partial charge on any atom is -0.357 e. The monoisotopic (exact) mass is 448 g/mol. The summed E-state index contributed by atoms with van der Waals surface area (Å²) in [5, 5.41) is 4.08. The highest BCUT2D eigenvalue weighted by atomic mass is 79.9. The average molecular weight is 450 g/mol. The number of aromatic amines is 1. The average Bonchev–Trinajstić information content (AvgIpc) is 2.90. The molecular weight excluding hydrogens is 432 g/mol. The first-order chi connectivity index (χ1) is 11.6. The molecule has 0 atom stereocenters. The Morgan fingerprint density at radius 1 is 1.17 bits per heavy atom. The Hall–Kier alpha value is -1.59. The van der Waals surface area contributed by atoms with E-state index < -0.39 is 0 Å². The van der Waals surface area contributed by atoms with Crippen molar-refractivity contribution in [2.24, 2.45) is 0 Å². The topological polar surface area (TPSA) is 44.9 Å². The molecule has 1 amide bonds. The van der Waals surface area contributed by atoms with Crippen LogP contribution in [0.4, 0.5) is 0 Å². The molecule has 0 fully saturated rings. The highest BCUT2D eigenvalue weighted by molar-refractivity contribution is 9.11. The fourth-order valence-corrected chi connectivity index (χ4v) is 3.77. The molecule has 0 aliphatic rings. The fraction of sp³-hybridized carbons (Fsp3) is 0.211. The Labute approximate surface area is 158 Å². The molecule has 0 saturated carbocycles. The van der Waals surface area contributed by atoms with Gasteiger partial charge < -0.3 is 10.3 Å². The van der Waals surface area contributed by atoms with E-state index >= 15 is 0 Å². The third kappa shape index (κ3) is 3.57. The molecule has 2 aromatic carbocycles. The van der Waals surface area contributed by atoms with Crippen LogP contribution in [0.15, 0.2) is 51.4 Å². The predicted molar refractivity (Wildman–Crippen MR) is 105 cm³/mol. The minimum atomic E-state index is -0.0737. The van der Waals surface area contributed by atoms with Crippen molar-refractivity contribution < 1.29 is 4.79 Å². The zero-order chi connectivity index (χ0) is 17.1. The lowest BCUT2D eigenvalue weighted by Crippen LogP contribution is -2.22. The highest BCUT2D eigenvalue weighted by Crippen LogP contribution is 2.29. The summed E-state index contributed by atoms with van der Waals surface area (Å²) in [6.45, 7) is 2.65. The maximum atomic E-state index is 12.4. The molecule has 3 nitrogen and oxygen atoms in total. The summed E-state index contributed by atoms with van der Waals surface area (Å²) in [6, 6.07) is 13.7. The molecule has 0 unspecified atom stereocenters. The smallest absolute Gasteiger partial charge is 0.251 e. The van der Waals surface area contributed by atoms with Gasteiger partial charge in [-0.2, -0.15) is 0 Å².